The lowest BCUT2D eigenvalue weighted by molar-refractivity contribution is -0.138. The van der Waals surface area contributed by atoms with E-state index >= 15 is 0 Å². The number of amides is 2. The summed E-state index contributed by atoms with van der Waals surface area (Å²) in [6, 6.07) is 20.2. The van der Waals surface area contributed by atoms with Gasteiger partial charge in [0.2, 0.25) is 11.8 Å². The van der Waals surface area contributed by atoms with Gasteiger partial charge in [-0.2, -0.15) is 0 Å². The van der Waals surface area contributed by atoms with Gasteiger partial charge >= 0.3 is 0 Å². The first kappa shape index (κ1) is 23.0. The topological polar surface area (TPSA) is 75.4 Å². The molecule has 0 spiro atoms. The van der Waals surface area contributed by atoms with E-state index in [1.54, 1.807) is 13.8 Å². The fraction of sp³-hybridized carbons (Fsp3) is 0.462. The van der Waals surface area contributed by atoms with Gasteiger partial charge in [-0.3, -0.25) is 9.59 Å². The lowest BCUT2D eigenvalue weighted by atomic mass is 9.89. The van der Waals surface area contributed by atoms with Crippen LogP contribution in [0.3, 0.4) is 0 Å². The van der Waals surface area contributed by atoms with E-state index in [4.69, 9.17) is 5.73 Å². The number of hydrogen-bond acceptors (Lipinski definition) is 3. The largest absolute Gasteiger partial charge is 0.343 e. The highest BCUT2D eigenvalue weighted by Gasteiger charge is 2.32. The number of nitrogens with one attached hydrogen (secondary N) is 1. The minimum absolute atomic E-state index is 0.0113. The van der Waals surface area contributed by atoms with Crippen molar-refractivity contribution in [1.29, 1.82) is 0 Å². The maximum Gasteiger partial charge on any atom is 0.245 e. The molecule has 1 fully saturated rings. The molecule has 5 nitrogen and oxygen atoms in total. The van der Waals surface area contributed by atoms with Gasteiger partial charge in [0.1, 0.15) is 6.04 Å². The number of rotatable bonds is 8. The van der Waals surface area contributed by atoms with E-state index in [1.165, 1.54) is 11.1 Å². The molecular formula is C26H35N3O2. The van der Waals surface area contributed by atoms with Crippen molar-refractivity contribution in [3.05, 3.63) is 71.8 Å². The van der Waals surface area contributed by atoms with Crippen LogP contribution in [0.25, 0.3) is 0 Å². The molecule has 1 heterocycles. The number of benzene rings is 2. The molecule has 0 saturated carbocycles. The van der Waals surface area contributed by atoms with Gasteiger partial charge < -0.3 is 16.0 Å². The number of piperidine rings is 1. The molecular weight excluding hydrogens is 386 g/mol. The van der Waals surface area contributed by atoms with Crippen LogP contribution in [-0.4, -0.2) is 41.4 Å². The number of carbonyl (C=O) groups excluding carboxylic acids is 2. The van der Waals surface area contributed by atoms with Crippen LogP contribution < -0.4 is 11.1 Å². The van der Waals surface area contributed by atoms with E-state index in [1.807, 2.05) is 29.2 Å². The monoisotopic (exact) mass is 421 g/mol. The predicted molar refractivity (Wildman–Crippen MR) is 125 cm³/mol. The number of aryl methyl sites for hydroxylation is 1. The molecule has 1 aliphatic heterocycles. The fourth-order valence-corrected chi connectivity index (χ4v) is 4.14. The Bertz CT molecular complexity index is 838. The second-order valence-electron chi connectivity index (χ2n) is 9.14. The van der Waals surface area contributed by atoms with Gasteiger partial charge in [-0.15, -0.1) is 0 Å². The van der Waals surface area contributed by atoms with Gasteiger partial charge in [0, 0.05) is 13.1 Å². The van der Waals surface area contributed by atoms with Gasteiger partial charge in [0.25, 0.3) is 0 Å². The predicted octanol–water partition coefficient (Wildman–Crippen LogP) is 3.64. The first-order valence-corrected chi connectivity index (χ1v) is 11.3. The summed E-state index contributed by atoms with van der Waals surface area (Å²) in [5.41, 5.74) is 7.53. The fourth-order valence-electron chi connectivity index (χ4n) is 4.14. The Morgan fingerprint density at radius 3 is 2.19 bits per heavy atom. The van der Waals surface area contributed by atoms with Crippen molar-refractivity contribution in [3.63, 3.8) is 0 Å². The quantitative estimate of drug-likeness (QED) is 0.683. The molecule has 2 aromatic rings. The maximum atomic E-state index is 13.3. The molecule has 3 N–H and O–H groups in total. The van der Waals surface area contributed by atoms with E-state index in [0.29, 0.717) is 12.3 Å². The molecule has 0 aliphatic carbocycles. The smallest absolute Gasteiger partial charge is 0.245 e. The van der Waals surface area contributed by atoms with Crippen LogP contribution in [0.4, 0.5) is 0 Å². The highest BCUT2D eigenvalue weighted by atomic mass is 16.2. The Kier molecular flexibility index (Phi) is 7.85. The molecule has 5 heteroatoms. The maximum absolute atomic E-state index is 13.3. The SMILES string of the molecule is CC(C)(N)C(=O)NC(CCCc1ccccc1)C(=O)N1CCC(c2ccccc2)CC1. The minimum Gasteiger partial charge on any atom is -0.343 e. The normalized spacial score (nSPS) is 16.0. The summed E-state index contributed by atoms with van der Waals surface area (Å²) in [5.74, 6) is 0.209. The van der Waals surface area contributed by atoms with Crippen molar-refractivity contribution >= 4 is 11.8 Å². The summed E-state index contributed by atoms with van der Waals surface area (Å²) >= 11 is 0. The van der Waals surface area contributed by atoms with E-state index in [-0.39, 0.29) is 11.8 Å². The van der Waals surface area contributed by atoms with Crippen molar-refractivity contribution in [1.82, 2.24) is 10.2 Å². The Labute approximate surface area is 186 Å². The van der Waals surface area contributed by atoms with E-state index < -0.39 is 11.6 Å². The number of nitrogens with two attached hydrogens (primary N) is 1. The Morgan fingerprint density at radius 1 is 1.03 bits per heavy atom. The summed E-state index contributed by atoms with van der Waals surface area (Å²) in [5, 5.41) is 2.93. The van der Waals surface area contributed by atoms with Gasteiger partial charge in [0.15, 0.2) is 0 Å². The van der Waals surface area contributed by atoms with Crippen molar-refractivity contribution in [3.8, 4) is 0 Å². The number of nitrogens with zero attached hydrogens (tertiary/aromatic N) is 1. The first-order valence-electron chi connectivity index (χ1n) is 11.3. The molecule has 2 amide bonds. The molecule has 1 unspecified atom stereocenters. The van der Waals surface area contributed by atoms with Crippen LogP contribution in [0.2, 0.25) is 0 Å². The Balaban J connectivity index is 1.60. The van der Waals surface area contributed by atoms with Crippen LogP contribution >= 0.6 is 0 Å². The molecule has 0 aromatic heterocycles. The lowest BCUT2D eigenvalue weighted by Gasteiger charge is -2.35. The summed E-state index contributed by atoms with van der Waals surface area (Å²) in [4.78, 5) is 27.8. The molecule has 31 heavy (non-hydrogen) atoms. The zero-order valence-corrected chi connectivity index (χ0v) is 18.7. The second-order valence-corrected chi connectivity index (χ2v) is 9.14. The van der Waals surface area contributed by atoms with E-state index in [0.717, 1.165) is 38.8 Å². The zero-order valence-electron chi connectivity index (χ0n) is 18.7. The van der Waals surface area contributed by atoms with E-state index in [9.17, 15) is 9.59 Å². The standard InChI is InChI=1S/C26H35N3O2/c1-26(2,27)25(31)28-23(15-9-12-20-10-5-3-6-11-20)24(30)29-18-16-22(17-19-29)21-13-7-4-8-14-21/h3-8,10-11,13-14,22-23H,9,12,15-19,27H2,1-2H3,(H,28,31). The van der Waals surface area contributed by atoms with Crippen LogP contribution in [0.1, 0.15) is 56.6 Å². The van der Waals surface area contributed by atoms with Gasteiger partial charge in [-0.1, -0.05) is 60.7 Å². The van der Waals surface area contributed by atoms with Gasteiger partial charge in [-0.05, 0) is 63.0 Å². The van der Waals surface area contributed by atoms with Crippen LogP contribution in [0, 0.1) is 0 Å². The molecule has 3 rings (SSSR count). The van der Waals surface area contributed by atoms with Crippen molar-refractivity contribution < 1.29 is 9.59 Å². The third-order valence-corrected chi connectivity index (χ3v) is 6.07. The van der Waals surface area contributed by atoms with Crippen LogP contribution in [0.5, 0.6) is 0 Å². The van der Waals surface area contributed by atoms with Crippen molar-refractivity contribution in [2.75, 3.05) is 13.1 Å². The summed E-state index contributed by atoms with van der Waals surface area (Å²) in [6.45, 7) is 4.77. The molecule has 1 atom stereocenters. The van der Waals surface area contributed by atoms with Crippen molar-refractivity contribution in [2.45, 2.75) is 63.5 Å². The highest BCUT2D eigenvalue weighted by molar-refractivity contribution is 5.91. The number of carbonyl (C=O) groups is 2. The zero-order chi connectivity index (χ0) is 22.3. The first-order chi connectivity index (χ1) is 14.8. The average molecular weight is 422 g/mol. The molecule has 1 saturated heterocycles. The third-order valence-electron chi connectivity index (χ3n) is 6.07. The molecule has 166 valence electrons. The number of likely N-dealkylation sites (tertiary alicyclic amines) is 1. The van der Waals surface area contributed by atoms with Crippen molar-refractivity contribution in [2.24, 2.45) is 5.73 Å². The average Bonchev–Trinajstić information content (AvgIpc) is 2.78. The number of hydrogen-bond donors (Lipinski definition) is 2. The van der Waals surface area contributed by atoms with Crippen LogP contribution in [0.15, 0.2) is 60.7 Å². The minimum atomic E-state index is -1.02. The Hall–Kier alpha value is -2.66. The summed E-state index contributed by atoms with van der Waals surface area (Å²) in [7, 11) is 0. The molecule has 0 radical (unpaired) electrons. The molecule has 2 aromatic carbocycles. The third kappa shape index (κ3) is 6.66. The lowest BCUT2D eigenvalue weighted by Crippen LogP contribution is -2.57. The van der Waals surface area contributed by atoms with Gasteiger partial charge in [-0.25, -0.2) is 0 Å². The van der Waals surface area contributed by atoms with Crippen LogP contribution in [-0.2, 0) is 16.0 Å². The highest BCUT2D eigenvalue weighted by Crippen LogP contribution is 2.28. The van der Waals surface area contributed by atoms with E-state index in [2.05, 4.69) is 41.7 Å². The summed E-state index contributed by atoms with van der Waals surface area (Å²) < 4.78 is 0. The molecule has 1 aliphatic rings. The second kappa shape index (κ2) is 10.6. The molecule has 0 bridgehead atoms. The summed E-state index contributed by atoms with van der Waals surface area (Å²) in [6.07, 6.45) is 4.20. The van der Waals surface area contributed by atoms with Gasteiger partial charge in [0.05, 0.1) is 5.54 Å². The Morgan fingerprint density at radius 2 is 1.61 bits per heavy atom.